The average Bonchev–Trinajstić information content (AvgIpc) is 3.44. The summed E-state index contributed by atoms with van der Waals surface area (Å²) in [5.41, 5.74) is 0.914. The Kier molecular flexibility index (Phi) is 4.56. The van der Waals surface area contributed by atoms with Crippen molar-refractivity contribution in [3.8, 4) is 0 Å². The van der Waals surface area contributed by atoms with Crippen LogP contribution >= 0.6 is 22.7 Å². The van der Waals surface area contributed by atoms with Gasteiger partial charge in [0.2, 0.25) is 16.0 Å². The number of thiophene rings is 1. The predicted octanol–water partition coefficient (Wildman–Crippen LogP) is 2.96. The maximum Gasteiger partial charge on any atom is 0.284 e. The molecular weight excluding hydrogens is 406 g/mol. The highest BCUT2D eigenvalue weighted by Gasteiger charge is 2.33. The second-order valence-corrected chi connectivity index (χ2v) is 9.30. The van der Waals surface area contributed by atoms with Gasteiger partial charge in [-0.1, -0.05) is 41.7 Å². The first-order valence-corrected chi connectivity index (χ1v) is 11.1. The molecule has 0 spiro atoms. The summed E-state index contributed by atoms with van der Waals surface area (Å²) in [6.45, 7) is 3.21. The Morgan fingerprint density at radius 1 is 1.28 bits per heavy atom. The highest BCUT2D eigenvalue weighted by Crippen LogP contribution is 2.30. The molecule has 1 aromatic carbocycles. The number of anilines is 1. The number of rotatable bonds is 4. The third-order valence-electron chi connectivity index (χ3n) is 5.12. The van der Waals surface area contributed by atoms with Crippen molar-refractivity contribution in [1.29, 1.82) is 0 Å². The number of carbonyl (C=O) groups excluding carboxylic acids is 1. The van der Waals surface area contributed by atoms with Gasteiger partial charge in [-0.2, -0.15) is 4.52 Å². The number of amides is 1. The van der Waals surface area contributed by atoms with Crippen LogP contribution in [0.2, 0.25) is 0 Å². The number of fused-ring (bicyclic) bond motifs is 2. The fourth-order valence-electron chi connectivity index (χ4n) is 3.70. The topological polar surface area (TPSA) is 79.6 Å². The monoisotopic (exact) mass is 425 g/mol. The lowest BCUT2D eigenvalue weighted by Gasteiger charge is -2.22. The minimum absolute atomic E-state index is 0.0116. The molecule has 0 saturated carbocycles. The van der Waals surface area contributed by atoms with Gasteiger partial charge in [0.25, 0.3) is 5.56 Å². The number of aromatic nitrogens is 3. The molecule has 0 radical (unpaired) electrons. The van der Waals surface area contributed by atoms with E-state index in [4.69, 9.17) is 0 Å². The number of carbonyl (C=O) groups is 1. The SMILES string of the molecule is Cc1cc2c(=O)n3nc(N4CCC[C@@H]4C(=O)NCc4ccccc4)sc3nc2s1. The molecule has 0 bridgehead atoms. The normalized spacial score (nSPS) is 16.7. The molecule has 3 aromatic heterocycles. The van der Waals surface area contributed by atoms with Gasteiger partial charge in [0.15, 0.2) is 0 Å². The van der Waals surface area contributed by atoms with Crippen LogP contribution in [-0.4, -0.2) is 33.1 Å². The molecule has 1 aliphatic heterocycles. The molecule has 9 heteroatoms. The quantitative estimate of drug-likeness (QED) is 0.544. The molecule has 1 saturated heterocycles. The van der Waals surface area contributed by atoms with Crippen LogP contribution in [0.15, 0.2) is 41.2 Å². The first kappa shape index (κ1) is 18.3. The molecule has 0 aliphatic carbocycles. The molecule has 1 aliphatic rings. The Morgan fingerprint density at radius 2 is 2.10 bits per heavy atom. The van der Waals surface area contributed by atoms with Gasteiger partial charge >= 0.3 is 0 Å². The van der Waals surface area contributed by atoms with Gasteiger partial charge in [-0.05, 0) is 31.4 Å². The van der Waals surface area contributed by atoms with E-state index in [0.29, 0.717) is 22.0 Å². The molecule has 29 heavy (non-hydrogen) atoms. The van der Waals surface area contributed by atoms with Gasteiger partial charge in [0, 0.05) is 18.0 Å². The van der Waals surface area contributed by atoms with Gasteiger partial charge in [0.1, 0.15) is 10.9 Å². The molecular formula is C20H19N5O2S2. The molecule has 1 N–H and O–H groups in total. The lowest BCUT2D eigenvalue weighted by Crippen LogP contribution is -2.43. The fraction of sp³-hybridized carbons (Fsp3) is 0.300. The van der Waals surface area contributed by atoms with Crippen LogP contribution in [0.5, 0.6) is 0 Å². The van der Waals surface area contributed by atoms with Gasteiger partial charge < -0.3 is 10.2 Å². The van der Waals surface area contributed by atoms with Crippen molar-refractivity contribution in [2.24, 2.45) is 0 Å². The molecule has 4 aromatic rings. The van der Waals surface area contributed by atoms with E-state index >= 15 is 0 Å². The first-order valence-electron chi connectivity index (χ1n) is 9.48. The van der Waals surface area contributed by atoms with E-state index in [1.165, 1.54) is 27.2 Å². The highest BCUT2D eigenvalue weighted by atomic mass is 32.1. The minimum Gasteiger partial charge on any atom is -0.350 e. The summed E-state index contributed by atoms with van der Waals surface area (Å²) in [5, 5.41) is 8.81. The summed E-state index contributed by atoms with van der Waals surface area (Å²) in [6, 6.07) is 11.4. The standard InChI is InChI=1S/C20H19N5O2S2/c1-12-10-14-17(28-12)22-19-25(18(14)27)23-20(29-19)24-9-5-8-15(24)16(26)21-11-13-6-3-2-4-7-13/h2-4,6-7,10,15H,5,8-9,11H2,1H3,(H,21,26)/t15-/m1/s1. The molecule has 5 rings (SSSR count). The number of hydrogen-bond donors (Lipinski definition) is 1. The molecule has 1 fully saturated rings. The molecule has 7 nitrogen and oxygen atoms in total. The summed E-state index contributed by atoms with van der Waals surface area (Å²) < 4.78 is 1.37. The summed E-state index contributed by atoms with van der Waals surface area (Å²) >= 11 is 2.87. The smallest absolute Gasteiger partial charge is 0.284 e. The Morgan fingerprint density at radius 3 is 2.93 bits per heavy atom. The van der Waals surface area contributed by atoms with Crippen molar-refractivity contribution >= 4 is 48.9 Å². The molecule has 1 atom stereocenters. The van der Waals surface area contributed by atoms with Gasteiger partial charge in [-0.15, -0.1) is 16.4 Å². The summed E-state index contributed by atoms with van der Waals surface area (Å²) in [7, 11) is 0. The zero-order valence-corrected chi connectivity index (χ0v) is 17.4. The summed E-state index contributed by atoms with van der Waals surface area (Å²) in [5.74, 6) is -0.0116. The molecule has 4 heterocycles. The Balaban J connectivity index is 1.41. The van der Waals surface area contributed by atoms with Crippen molar-refractivity contribution in [2.75, 3.05) is 11.4 Å². The first-order chi connectivity index (χ1) is 14.1. The van der Waals surface area contributed by atoms with Crippen LogP contribution in [0.4, 0.5) is 5.13 Å². The van der Waals surface area contributed by atoms with E-state index in [0.717, 1.165) is 34.7 Å². The maximum atomic E-state index is 12.8. The number of hydrogen-bond acceptors (Lipinski definition) is 7. The second kappa shape index (κ2) is 7.23. The van der Waals surface area contributed by atoms with E-state index in [1.807, 2.05) is 48.2 Å². The largest absolute Gasteiger partial charge is 0.350 e. The fourth-order valence-corrected chi connectivity index (χ4v) is 5.60. The van der Waals surface area contributed by atoms with E-state index < -0.39 is 0 Å². The van der Waals surface area contributed by atoms with Crippen LogP contribution in [0.1, 0.15) is 23.3 Å². The predicted molar refractivity (Wildman–Crippen MR) is 116 cm³/mol. The Labute approximate surface area is 174 Å². The summed E-state index contributed by atoms with van der Waals surface area (Å²) in [4.78, 5) is 34.6. The zero-order valence-electron chi connectivity index (χ0n) is 15.8. The minimum atomic E-state index is -0.279. The number of nitrogens with one attached hydrogen (secondary N) is 1. The third kappa shape index (κ3) is 3.30. The van der Waals surface area contributed by atoms with Crippen molar-refractivity contribution in [2.45, 2.75) is 32.4 Å². The number of nitrogens with zero attached hydrogens (tertiary/aromatic N) is 4. The lowest BCUT2D eigenvalue weighted by atomic mass is 10.2. The highest BCUT2D eigenvalue weighted by molar-refractivity contribution is 7.21. The van der Waals surface area contributed by atoms with Crippen LogP contribution in [0, 0.1) is 6.92 Å². The third-order valence-corrected chi connectivity index (χ3v) is 7.01. The average molecular weight is 426 g/mol. The lowest BCUT2D eigenvalue weighted by molar-refractivity contribution is -0.122. The van der Waals surface area contributed by atoms with Crippen LogP contribution in [0.3, 0.4) is 0 Å². The van der Waals surface area contributed by atoms with E-state index in [1.54, 1.807) is 0 Å². The van der Waals surface area contributed by atoms with E-state index in [-0.39, 0.29) is 17.5 Å². The molecule has 1 amide bonds. The van der Waals surface area contributed by atoms with E-state index in [9.17, 15) is 9.59 Å². The van der Waals surface area contributed by atoms with Crippen molar-refractivity contribution in [1.82, 2.24) is 19.9 Å². The van der Waals surface area contributed by atoms with Crippen LogP contribution in [-0.2, 0) is 11.3 Å². The zero-order chi connectivity index (χ0) is 20.0. The van der Waals surface area contributed by atoms with Crippen molar-refractivity contribution in [3.05, 3.63) is 57.2 Å². The molecule has 148 valence electrons. The summed E-state index contributed by atoms with van der Waals surface area (Å²) in [6.07, 6.45) is 1.68. The van der Waals surface area contributed by atoms with Gasteiger partial charge in [-0.3, -0.25) is 9.59 Å². The Bertz CT molecular complexity index is 1260. The van der Waals surface area contributed by atoms with Crippen LogP contribution in [0.25, 0.3) is 15.2 Å². The Hall–Kier alpha value is -2.78. The van der Waals surface area contributed by atoms with Crippen molar-refractivity contribution < 1.29 is 4.79 Å². The maximum absolute atomic E-state index is 12.8. The van der Waals surface area contributed by atoms with Gasteiger partial charge in [0.05, 0.1) is 5.39 Å². The molecule has 0 unspecified atom stereocenters. The van der Waals surface area contributed by atoms with Gasteiger partial charge in [-0.25, -0.2) is 4.98 Å². The van der Waals surface area contributed by atoms with Crippen LogP contribution < -0.4 is 15.8 Å². The number of benzene rings is 1. The second-order valence-electron chi connectivity index (χ2n) is 7.13. The number of aryl methyl sites for hydroxylation is 1. The van der Waals surface area contributed by atoms with Crippen molar-refractivity contribution in [3.63, 3.8) is 0 Å². The van der Waals surface area contributed by atoms with E-state index in [2.05, 4.69) is 15.4 Å².